The maximum absolute atomic E-state index is 3.72. The number of imidazole rings is 1. The molecule has 1 heterocycles. The van der Waals surface area contributed by atoms with E-state index in [4.69, 9.17) is 0 Å². The van der Waals surface area contributed by atoms with E-state index in [-0.39, 0.29) is 0 Å². The number of hydrogen-bond acceptors (Lipinski definition) is 0. The average Bonchev–Trinajstić information content (AvgIpc) is 3.44. The fourth-order valence-corrected chi connectivity index (χ4v) is 6.43. The van der Waals surface area contributed by atoms with Gasteiger partial charge in [0.2, 0.25) is 0 Å². The monoisotopic (exact) mass is 546 g/mol. The van der Waals surface area contributed by atoms with E-state index in [1.54, 1.807) is 0 Å². The minimum absolute atomic E-state index is 0.621. The van der Waals surface area contributed by atoms with Crippen molar-refractivity contribution in [1.82, 2.24) is 4.98 Å². The molecule has 0 aliphatic rings. The lowest BCUT2D eigenvalue weighted by molar-refractivity contribution is -0.727. The van der Waals surface area contributed by atoms with Gasteiger partial charge in [0.1, 0.15) is 12.4 Å². The molecule has 1 aromatic rings. The summed E-state index contributed by atoms with van der Waals surface area (Å²) in [7, 11) is 0. The van der Waals surface area contributed by atoms with Crippen molar-refractivity contribution in [3.05, 3.63) is 18.2 Å². The van der Waals surface area contributed by atoms with E-state index < -0.39 is 0 Å². The molecule has 230 valence electrons. The Morgan fingerprint density at radius 3 is 1.21 bits per heavy atom. The van der Waals surface area contributed by atoms with Crippen LogP contribution in [0, 0.1) is 0 Å². The smallest absolute Gasteiger partial charge is 0.247 e. The van der Waals surface area contributed by atoms with Crippen molar-refractivity contribution in [3.63, 3.8) is 0 Å². The van der Waals surface area contributed by atoms with Gasteiger partial charge in [-0.2, -0.15) is 0 Å². The lowest BCUT2D eigenvalue weighted by atomic mass is 9.93. The Morgan fingerprint density at radius 1 is 0.487 bits per heavy atom. The zero-order valence-electron chi connectivity index (χ0n) is 27.6. The van der Waals surface area contributed by atoms with E-state index in [1.807, 2.05) is 0 Å². The predicted molar refractivity (Wildman–Crippen MR) is 175 cm³/mol. The van der Waals surface area contributed by atoms with Crippen LogP contribution in [-0.4, -0.2) is 4.98 Å². The first-order chi connectivity index (χ1) is 19.2. The van der Waals surface area contributed by atoms with Gasteiger partial charge < -0.3 is 0 Å². The third-order valence-electron chi connectivity index (χ3n) is 9.14. The SMILES string of the molecule is CCCCCCCCCCCCCCCC(C)[n+]1cc[nH]c1C(CCCCCCC)CCCCCCCCC. The first-order valence-electron chi connectivity index (χ1n) is 18.3. The second-order valence-corrected chi connectivity index (χ2v) is 12.9. The van der Waals surface area contributed by atoms with Gasteiger partial charge in [-0.05, 0) is 32.6 Å². The van der Waals surface area contributed by atoms with E-state index in [0.29, 0.717) is 12.0 Å². The second-order valence-electron chi connectivity index (χ2n) is 12.9. The van der Waals surface area contributed by atoms with E-state index >= 15 is 0 Å². The van der Waals surface area contributed by atoms with Crippen molar-refractivity contribution in [2.75, 3.05) is 0 Å². The van der Waals surface area contributed by atoms with Crippen LogP contribution in [-0.2, 0) is 0 Å². The molecule has 0 saturated carbocycles. The molecule has 2 atom stereocenters. The molecule has 0 amide bonds. The Balaban J connectivity index is 2.33. The summed E-state index contributed by atoms with van der Waals surface area (Å²) in [5.41, 5.74) is 0. The zero-order valence-corrected chi connectivity index (χ0v) is 27.6. The van der Waals surface area contributed by atoms with E-state index in [1.165, 1.54) is 186 Å². The van der Waals surface area contributed by atoms with Crippen LogP contribution in [0.1, 0.15) is 225 Å². The Kier molecular flexibility index (Phi) is 25.4. The van der Waals surface area contributed by atoms with Gasteiger partial charge in [0, 0.05) is 0 Å². The third kappa shape index (κ3) is 19.8. The lowest BCUT2D eigenvalue weighted by Crippen LogP contribution is -2.41. The van der Waals surface area contributed by atoms with Gasteiger partial charge in [-0.15, -0.1) is 0 Å². The molecule has 0 aromatic carbocycles. The van der Waals surface area contributed by atoms with E-state index in [2.05, 4.69) is 49.6 Å². The number of nitrogens with one attached hydrogen (secondary N) is 1. The predicted octanol–water partition coefficient (Wildman–Crippen LogP) is 12.9. The molecule has 1 rings (SSSR count). The molecule has 2 heteroatoms. The van der Waals surface area contributed by atoms with Gasteiger partial charge in [0.25, 0.3) is 5.82 Å². The minimum atomic E-state index is 0.621. The standard InChI is InChI=1S/C37H72N2/c1-5-8-11-14-16-17-18-19-20-21-23-25-27-30-35(4)39-34-33-38-37(39)36(31-28-24-13-10-7-3)32-29-26-22-15-12-9-6-2/h33-36H,5-32H2,1-4H3/p+1. The number of aromatic amines is 1. The Morgan fingerprint density at radius 2 is 0.821 bits per heavy atom. The Labute approximate surface area is 246 Å². The van der Waals surface area contributed by atoms with Gasteiger partial charge in [-0.3, -0.25) is 0 Å². The highest BCUT2D eigenvalue weighted by Gasteiger charge is 2.25. The van der Waals surface area contributed by atoms with Crippen molar-refractivity contribution in [1.29, 1.82) is 0 Å². The van der Waals surface area contributed by atoms with Crippen LogP contribution >= 0.6 is 0 Å². The summed E-state index contributed by atoms with van der Waals surface area (Å²) in [6, 6.07) is 0.621. The minimum Gasteiger partial charge on any atom is -0.247 e. The molecular weight excluding hydrogens is 472 g/mol. The molecule has 2 nitrogen and oxygen atoms in total. The summed E-state index contributed by atoms with van der Waals surface area (Å²) >= 11 is 0. The number of rotatable bonds is 30. The van der Waals surface area contributed by atoms with Crippen LogP contribution in [0.5, 0.6) is 0 Å². The molecular formula is C37H73N2+. The summed E-state index contributed by atoms with van der Waals surface area (Å²) in [6.45, 7) is 9.41. The molecule has 0 saturated heterocycles. The summed E-state index contributed by atoms with van der Waals surface area (Å²) in [4.78, 5) is 3.72. The summed E-state index contributed by atoms with van der Waals surface area (Å²) < 4.78 is 2.62. The zero-order chi connectivity index (χ0) is 28.2. The Bertz CT molecular complexity index is 606. The maximum atomic E-state index is 3.72. The summed E-state index contributed by atoms with van der Waals surface area (Å²) in [6.07, 6.45) is 44.2. The number of H-pyrrole nitrogens is 1. The van der Waals surface area contributed by atoms with Crippen LogP contribution in [0.15, 0.2) is 12.4 Å². The topological polar surface area (TPSA) is 19.7 Å². The molecule has 0 spiro atoms. The van der Waals surface area contributed by atoms with Gasteiger partial charge in [0.15, 0.2) is 0 Å². The van der Waals surface area contributed by atoms with Crippen LogP contribution in [0.4, 0.5) is 0 Å². The normalized spacial score (nSPS) is 13.2. The van der Waals surface area contributed by atoms with E-state index in [9.17, 15) is 0 Å². The molecule has 0 fully saturated rings. The summed E-state index contributed by atoms with van der Waals surface area (Å²) in [5.74, 6) is 2.24. The number of unbranched alkanes of at least 4 members (excludes halogenated alkanes) is 22. The third-order valence-corrected chi connectivity index (χ3v) is 9.14. The first-order valence-corrected chi connectivity index (χ1v) is 18.3. The van der Waals surface area contributed by atoms with Crippen molar-refractivity contribution in [3.8, 4) is 0 Å². The van der Waals surface area contributed by atoms with E-state index in [0.717, 1.165) is 0 Å². The van der Waals surface area contributed by atoms with Crippen LogP contribution in [0.2, 0.25) is 0 Å². The lowest BCUT2D eigenvalue weighted by Gasteiger charge is -2.17. The molecule has 1 aromatic heterocycles. The molecule has 39 heavy (non-hydrogen) atoms. The van der Waals surface area contributed by atoms with Crippen molar-refractivity contribution in [2.24, 2.45) is 0 Å². The number of nitrogens with zero attached hydrogens (tertiary/aromatic N) is 1. The highest BCUT2D eigenvalue weighted by molar-refractivity contribution is 4.90. The maximum Gasteiger partial charge on any atom is 0.257 e. The molecule has 0 radical (unpaired) electrons. The first kappa shape index (κ1) is 36.2. The highest BCUT2D eigenvalue weighted by Crippen LogP contribution is 2.27. The molecule has 1 N–H and O–H groups in total. The quantitative estimate of drug-likeness (QED) is 0.0732. The number of aromatic nitrogens is 2. The van der Waals surface area contributed by atoms with Crippen molar-refractivity contribution >= 4 is 0 Å². The molecule has 0 aliphatic heterocycles. The second kappa shape index (κ2) is 27.4. The molecule has 0 aliphatic carbocycles. The van der Waals surface area contributed by atoms with Crippen LogP contribution < -0.4 is 4.57 Å². The van der Waals surface area contributed by atoms with Crippen LogP contribution in [0.3, 0.4) is 0 Å². The highest BCUT2D eigenvalue weighted by atomic mass is 15.1. The summed E-state index contributed by atoms with van der Waals surface area (Å²) in [5, 5.41) is 0. The fraction of sp³-hybridized carbons (Fsp3) is 0.919. The van der Waals surface area contributed by atoms with Crippen molar-refractivity contribution in [2.45, 2.75) is 219 Å². The largest absolute Gasteiger partial charge is 0.257 e. The Hall–Kier alpha value is -0.790. The van der Waals surface area contributed by atoms with Gasteiger partial charge in [-0.25, -0.2) is 9.55 Å². The fourth-order valence-electron chi connectivity index (χ4n) is 6.43. The number of hydrogen-bond donors (Lipinski definition) is 1. The molecule has 2 unspecified atom stereocenters. The molecule has 0 bridgehead atoms. The van der Waals surface area contributed by atoms with Crippen molar-refractivity contribution < 1.29 is 4.57 Å². The van der Waals surface area contributed by atoms with Gasteiger partial charge in [0.05, 0.1) is 12.0 Å². The van der Waals surface area contributed by atoms with Gasteiger partial charge in [-0.1, -0.05) is 175 Å². The average molecular weight is 546 g/mol. The van der Waals surface area contributed by atoms with Gasteiger partial charge >= 0.3 is 0 Å². The van der Waals surface area contributed by atoms with Crippen LogP contribution in [0.25, 0.3) is 0 Å².